The molecule has 2 aromatic rings. The van der Waals surface area contributed by atoms with E-state index in [1.54, 1.807) is 0 Å². The van der Waals surface area contributed by atoms with Crippen molar-refractivity contribution in [2.45, 2.75) is 26.9 Å². The first-order valence-electron chi connectivity index (χ1n) is 5.57. The molecule has 2 N–H and O–H groups in total. The topological polar surface area (TPSA) is 43.8 Å². The van der Waals surface area contributed by atoms with Crippen LogP contribution >= 0.6 is 0 Å². The summed E-state index contributed by atoms with van der Waals surface area (Å²) in [7, 11) is 0. The molecule has 84 valence electrons. The van der Waals surface area contributed by atoms with Crippen molar-refractivity contribution >= 4 is 0 Å². The van der Waals surface area contributed by atoms with Crippen molar-refractivity contribution in [2.24, 2.45) is 5.73 Å². The fourth-order valence-electron chi connectivity index (χ4n) is 1.85. The Morgan fingerprint density at radius 3 is 2.75 bits per heavy atom. The van der Waals surface area contributed by atoms with Crippen LogP contribution < -0.4 is 5.73 Å². The van der Waals surface area contributed by atoms with Crippen molar-refractivity contribution < 1.29 is 0 Å². The third kappa shape index (κ3) is 1.99. The van der Waals surface area contributed by atoms with E-state index in [2.05, 4.69) is 43.3 Å². The smallest absolute Gasteiger partial charge is 0.0568 e. The summed E-state index contributed by atoms with van der Waals surface area (Å²) in [6.45, 7) is 5.69. The zero-order chi connectivity index (χ0) is 11.5. The molecule has 16 heavy (non-hydrogen) atoms. The fraction of sp³-hybridized carbons (Fsp3) is 0.308. The van der Waals surface area contributed by atoms with Gasteiger partial charge < -0.3 is 5.73 Å². The van der Waals surface area contributed by atoms with Crippen LogP contribution in [-0.4, -0.2) is 9.78 Å². The first-order valence-corrected chi connectivity index (χ1v) is 5.57. The lowest BCUT2D eigenvalue weighted by Gasteiger charge is -2.05. The lowest BCUT2D eigenvalue weighted by atomic mass is 10.0. The van der Waals surface area contributed by atoms with Gasteiger partial charge in [-0.1, -0.05) is 18.2 Å². The Morgan fingerprint density at radius 2 is 2.19 bits per heavy atom. The van der Waals surface area contributed by atoms with E-state index < -0.39 is 0 Å². The molecule has 0 saturated heterocycles. The molecule has 0 unspecified atom stereocenters. The quantitative estimate of drug-likeness (QED) is 0.854. The Kier molecular flexibility index (Phi) is 3.06. The number of hydrogen-bond donors (Lipinski definition) is 1. The summed E-state index contributed by atoms with van der Waals surface area (Å²) in [5, 5.41) is 4.29. The van der Waals surface area contributed by atoms with Crippen LogP contribution in [0.3, 0.4) is 0 Å². The SMILES string of the molecule is CCn1cc(-c2ccc(CN)cc2C)cn1. The average molecular weight is 215 g/mol. The second-order valence-electron chi connectivity index (χ2n) is 3.94. The van der Waals surface area contributed by atoms with Gasteiger partial charge in [0.15, 0.2) is 0 Å². The number of hydrogen-bond acceptors (Lipinski definition) is 2. The molecule has 0 amide bonds. The number of nitrogens with zero attached hydrogens (tertiary/aromatic N) is 2. The van der Waals surface area contributed by atoms with Gasteiger partial charge in [-0.2, -0.15) is 5.10 Å². The molecule has 0 radical (unpaired) electrons. The highest BCUT2D eigenvalue weighted by Crippen LogP contribution is 2.23. The molecule has 1 heterocycles. The maximum atomic E-state index is 5.62. The van der Waals surface area contributed by atoms with E-state index in [0.717, 1.165) is 6.54 Å². The molecule has 3 heteroatoms. The number of aromatic nitrogens is 2. The van der Waals surface area contributed by atoms with Gasteiger partial charge in [0.2, 0.25) is 0 Å². The average Bonchev–Trinajstić information content (AvgIpc) is 2.77. The third-order valence-corrected chi connectivity index (χ3v) is 2.79. The monoisotopic (exact) mass is 215 g/mol. The van der Waals surface area contributed by atoms with Crippen LogP contribution in [0.15, 0.2) is 30.6 Å². The molecular weight excluding hydrogens is 198 g/mol. The first kappa shape index (κ1) is 10.9. The standard InChI is InChI=1S/C13H17N3/c1-3-16-9-12(8-15-16)13-5-4-11(7-14)6-10(13)2/h4-6,8-9H,3,7,14H2,1-2H3. The van der Waals surface area contributed by atoms with Gasteiger partial charge in [0, 0.05) is 24.8 Å². The zero-order valence-electron chi connectivity index (χ0n) is 9.77. The van der Waals surface area contributed by atoms with Crippen molar-refractivity contribution in [1.29, 1.82) is 0 Å². The molecule has 0 atom stereocenters. The van der Waals surface area contributed by atoms with Crippen LogP contribution in [0.4, 0.5) is 0 Å². The van der Waals surface area contributed by atoms with Crippen molar-refractivity contribution in [3.63, 3.8) is 0 Å². The van der Waals surface area contributed by atoms with Crippen molar-refractivity contribution in [1.82, 2.24) is 9.78 Å². The molecule has 0 bridgehead atoms. The van der Waals surface area contributed by atoms with Crippen LogP contribution in [-0.2, 0) is 13.1 Å². The van der Waals surface area contributed by atoms with Crippen molar-refractivity contribution in [3.8, 4) is 11.1 Å². The molecule has 0 aliphatic rings. The van der Waals surface area contributed by atoms with Crippen LogP contribution in [0.1, 0.15) is 18.1 Å². The predicted octanol–water partition coefficient (Wildman–Crippen LogP) is 2.34. The van der Waals surface area contributed by atoms with Crippen molar-refractivity contribution in [3.05, 3.63) is 41.7 Å². The largest absolute Gasteiger partial charge is 0.326 e. The molecule has 0 saturated carbocycles. The summed E-state index contributed by atoms with van der Waals surface area (Å²) in [5.41, 5.74) is 10.4. The highest BCUT2D eigenvalue weighted by Gasteiger charge is 2.04. The highest BCUT2D eigenvalue weighted by atomic mass is 15.3. The second-order valence-corrected chi connectivity index (χ2v) is 3.94. The summed E-state index contributed by atoms with van der Waals surface area (Å²) in [6, 6.07) is 6.33. The minimum atomic E-state index is 0.593. The lowest BCUT2D eigenvalue weighted by molar-refractivity contribution is 0.660. The third-order valence-electron chi connectivity index (χ3n) is 2.79. The van der Waals surface area contributed by atoms with E-state index in [9.17, 15) is 0 Å². The normalized spacial score (nSPS) is 10.7. The predicted molar refractivity (Wildman–Crippen MR) is 66.0 cm³/mol. The molecule has 2 rings (SSSR count). The van der Waals surface area contributed by atoms with Crippen molar-refractivity contribution in [2.75, 3.05) is 0 Å². The van der Waals surface area contributed by atoms with Gasteiger partial charge in [-0.15, -0.1) is 0 Å². The Labute approximate surface area is 95.9 Å². The minimum absolute atomic E-state index is 0.593. The van der Waals surface area contributed by atoms with Crippen LogP contribution in [0.25, 0.3) is 11.1 Å². The maximum Gasteiger partial charge on any atom is 0.0568 e. The van der Waals surface area contributed by atoms with Crippen LogP contribution in [0.2, 0.25) is 0 Å². The summed E-state index contributed by atoms with van der Waals surface area (Å²) >= 11 is 0. The molecular formula is C13H17N3. The number of aryl methyl sites for hydroxylation is 2. The van der Waals surface area contributed by atoms with Gasteiger partial charge >= 0.3 is 0 Å². The van der Waals surface area contributed by atoms with E-state index in [-0.39, 0.29) is 0 Å². The van der Waals surface area contributed by atoms with Gasteiger partial charge in [-0.3, -0.25) is 4.68 Å². The van der Waals surface area contributed by atoms with E-state index in [4.69, 9.17) is 5.73 Å². The fourth-order valence-corrected chi connectivity index (χ4v) is 1.85. The van der Waals surface area contributed by atoms with Gasteiger partial charge in [-0.05, 0) is 30.5 Å². The number of benzene rings is 1. The molecule has 3 nitrogen and oxygen atoms in total. The van der Waals surface area contributed by atoms with E-state index in [1.165, 1.54) is 22.3 Å². The summed E-state index contributed by atoms with van der Waals surface area (Å²) in [5.74, 6) is 0. The summed E-state index contributed by atoms with van der Waals surface area (Å²) < 4.78 is 1.94. The Hall–Kier alpha value is -1.61. The Morgan fingerprint density at radius 1 is 1.38 bits per heavy atom. The molecule has 1 aromatic carbocycles. The molecule has 0 spiro atoms. The van der Waals surface area contributed by atoms with E-state index >= 15 is 0 Å². The van der Waals surface area contributed by atoms with Crippen LogP contribution in [0.5, 0.6) is 0 Å². The number of rotatable bonds is 3. The Balaban J connectivity index is 2.40. The molecule has 0 fully saturated rings. The van der Waals surface area contributed by atoms with Crippen LogP contribution in [0, 0.1) is 6.92 Å². The summed E-state index contributed by atoms with van der Waals surface area (Å²) in [6.07, 6.45) is 3.98. The molecule has 0 aliphatic carbocycles. The van der Waals surface area contributed by atoms with E-state index in [0.29, 0.717) is 6.54 Å². The van der Waals surface area contributed by atoms with Gasteiger partial charge in [0.05, 0.1) is 6.20 Å². The molecule has 1 aromatic heterocycles. The second kappa shape index (κ2) is 4.49. The van der Waals surface area contributed by atoms with Gasteiger partial charge in [-0.25, -0.2) is 0 Å². The van der Waals surface area contributed by atoms with Gasteiger partial charge in [0.25, 0.3) is 0 Å². The minimum Gasteiger partial charge on any atom is -0.326 e. The first-order chi connectivity index (χ1) is 7.74. The highest BCUT2D eigenvalue weighted by molar-refractivity contribution is 5.66. The Bertz CT molecular complexity index is 486. The summed E-state index contributed by atoms with van der Waals surface area (Å²) in [4.78, 5) is 0. The lowest BCUT2D eigenvalue weighted by Crippen LogP contribution is -1.96. The van der Waals surface area contributed by atoms with E-state index in [1.807, 2.05) is 10.9 Å². The zero-order valence-corrected chi connectivity index (χ0v) is 9.77. The molecule has 0 aliphatic heterocycles. The number of nitrogens with two attached hydrogens (primary N) is 1. The van der Waals surface area contributed by atoms with Gasteiger partial charge in [0.1, 0.15) is 0 Å². The maximum absolute atomic E-state index is 5.62.